The van der Waals surface area contributed by atoms with Crippen molar-refractivity contribution in [3.63, 3.8) is 0 Å². The topological polar surface area (TPSA) is 59.8 Å². The van der Waals surface area contributed by atoms with Crippen molar-refractivity contribution in [3.8, 4) is 0 Å². The molecule has 0 spiro atoms. The highest BCUT2D eigenvalue weighted by atomic mass is 16.1. The molecule has 4 rings (SSSR count). The summed E-state index contributed by atoms with van der Waals surface area (Å²) >= 11 is 0. The Morgan fingerprint density at radius 3 is 2.76 bits per heavy atom. The molecule has 1 aliphatic heterocycles. The second-order valence-electron chi connectivity index (χ2n) is 7.64. The van der Waals surface area contributed by atoms with Gasteiger partial charge in [-0.1, -0.05) is 19.9 Å². The van der Waals surface area contributed by atoms with Crippen LogP contribution in [-0.2, 0) is 25.8 Å². The number of fused-ring (bicyclic) bond motifs is 2. The molecule has 1 unspecified atom stereocenters. The van der Waals surface area contributed by atoms with Gasteiger partial charge in [-0.15, -0.1) is 10.2 Å². The van der Waals surface area contributed by atoms with Crippen molar-refractivity contribution in [1.29, 1.82) is 0 Å². The molecule has 0 saturated heterocycles. The van der Waals surface area contributed by atoms with Crippen LogP contribution in [0.4, 0.5) is 0 Å². The molecule has 1 N–H and O–H groups in total. The summed E-state index contributed by atoms with van der Waals surface area (Å²) in [5, 5.41) is 11.8. The summed E-state index contributed by atoms with van der Waals surface area (Å²) in [5.74, 6) is 2.45. The van der Waals surface area contributed by atoms with Crippen LogP contribution in [0.15, 0.2) is 18.2 Å². The molecule has 1 amide bonds. The van der Waals surface area contributed by atoms with Gasteiger partial charge in [0.2, 0.25) is 0 Å². The van der Waals surface area contributed by atoms with E-state index in [0.29, 0.717) is 5.92 Å². The van der Waals surface area contributed by atoms with Crippen molar-refractivity contribution < 1.29 is 4.79 Å². The minimum atomic E-state index is 0.0426. The molecule has 2 heterocycles. The van der Waals surface area contributed by atoms with E-state index in [1.807, 2.05) is 6.07 Å². The molecular weight excluding hydrogens is 312 g/mol. The van der Waals surface area contributed by atoms with Gasteiger partial charge in [-0.3, -0.25) is 4.79 Å². The maximum Gasteiger partial charge on any atom is 0.251 e. The van der Waals surface area contributed by atoms with Crippen molar-refractivity contribution in [1.82, 2.24) is 20.1 Å². The summed E-state index contributed by atoms with van der Waals surface area (Å²) in [6, 6.07) is 6.35. The lowest BCUT2D eigenvalue weighted by Gasteiger charge is -2.26. The van der Waals surface area contributed by atoms with E-state index in [1.165, 1.54) is 24.0 Å². The first kappa shape index (κ1) is 16.3. The lowest BCUT2D eigenvalue weighted by atomic mass is 9.90. The van der Waals surface area contributed by atoms with Crippen molar-refractivity contribution >= 4 is 5.91 Å². The summed E-state index contributed by atoms with van der Waals surface area (Å²) in [5.41, 5.74) is 3.56. The summed E-state index contributed by atoms with van der Waals surface area (Å²) in [4.78, 5) is 12.7. The van der Waals surface area contributed by atoms with Crippen LogP contribution >= 0.6 is 0 Å². The van der Waals surface area contributed by atoms with Gasteiger partial charge in [0, 0.05) is 30.5 Å². The normalized spacial score (nSPS) is 19.4. The molecule has 1 aromatic heterocycles. The molecule has 0 radical (unpaired) electrons. The van der Waals surface area contributed by atoms with Gasteiger partial charge in [-0.05, 0) is 55.4 Å². The molecule has 1 aromatic carbocycles. The van der Waals surface area contributed by atoms with E-state index < -0.39 is 0 Å². The fourth-order valence-electron chi connectivity index (χ4n) is 4.04. The maximum absolute atomic E-state index is 12.7. The molecule has 2 aliphatic rings. The van der Waals surface area contributed by atoms with E-state index in [1.54, 1.807) is 0 Å². The third-order valence-electron chi connectivity index (χ3n) is 5.44. The Balaban J connectivity index is 1.47. The molecule has 2 aromatic rings. The quantitative estimate of drug-likeness (QED) is 0.936. The van der Waals surface area contributed by atoms with Gasteiger partial charge in [0.1, 0.15) is 11.6 Å². The first-order valence-electron chi connectivity index (χ1n) is 9.46. The number of amides is 1. The van der Waals surface area contributed by atoms with Crippen molar-refractivity contribution in [3.05, 3.63) is 46.5 Å². The predicted molar refractivity (Wildman–Crippen MR) is 96.8 cm³/mol. The van der Waals surface area contributed by atoms with E-state index in [9.17, 15) is 4.79 Å². The van der Waals surface area contributed by atoms with Gasteiger partial charge in [0.15, 0.2) is 0 Å². The second kappa shape index (κ2) is 6.62. The van der Waals surface area contributed by atoms with E-state index in [4.69, 9.17) is 0 Å². The minimum absolute atomic E-state index is 0.0426. The number of nitrogens with one attached hydrogen (secondary N) is 1. The Labute approximate surface area is 148 Å². The van der Waals surface area contributed by atoms with E-state index in [0.717, 1.165) is 49.4 Å². The molecule has 132 valence electrons. The van der Waals surface area contributed by atoms with Crippen LogP contribution in [-0.4, -0.2) is 26.7 Å². The molecule has 0 fully saturated rings. The Kier molecular flexibility index (Phi) is 4.32. The van der Waals surface area contributed by atoms with Gasteiger partial charge < -0.3 is 9.88 Å². The molecule has 5 nitrogen and oxygen atoms in total. The minimum Gasteiger partial charge on any atom is -0.347 e. The summed E-state index contributed by atoms with van der Waals surface area (Å²) < 4.78 is 2.19. The van der Waals surface area contributed by atoms with Crippen LogP contribution < -0.4 is 5.32 Å². The van der Waals surface area contributed by atoms with Crippen molar-refractivity contribution in [2.24, 2.45) is 0 Å². The third-order valence-corrected chi connectivity index (χ3v) is 5.44. The number of aryl methyl sites for hydroxylation is 3. The smallest absolute Gasteiger partial charge is 0.251 e. The number of nitrogens with zero attached hydrogens (tertiary/aromatic N) is 3. The zero-order chi connectivity index (χ0) is 17.4. The van der Waals surface area contributed by atoms with Crippen LogP contribution in [0.5, 0.6) is 0 Å². The van der Waals surface area contributed by atoms with Crippen LogP contribution in [0.3, 0.4) is 0 Å². The van der Waals surface area contributed by atoms with Gasteiger partial charge in [-0.2, -0.15) is 0 Å². The highest BCUT2D eigenvalue weighted by molar-refractivity contribution is 5.94. The number of hydrogen-bond donors (Lipinski definition) is 1. The van der Waals surface area contributed by atoms with E-state index in [2.05, 4.69) is 46.1 Å². The molecule has 25 heavy (non-hydrogen) atoms. The monoisotopic (exact) mass is 338 g/mol. The Morgan fingerprint density at radius 1 is 1.16 bits per heavy atom. The number of aromatic nitrogens is 3. The summed E-state index contributed by atoms with van der Waals surface area (Å²) in [6.45, 7) is 5.03. The first-order chi connectivity index (χ1) is 12.1. The van der Waals surface area contributed by atoms with E-state index >= 15 is 0 Å². The molecule has 0 saturated carbocycles. The highest BCUT2D eigenvalue weighted by Gasteiger charge is 2.25. The fraction of sp³-hybridized carbons (Fsp3) is 0.550. The standard InChI is InChI=1S/C20H26N4O/c1-13(2)19-23-22-18-10-9-17(12-24(18)19)21-20(25)16-8-7-14-5-3-4-6-15(14)11-16/h7-8,11,13,17H,3-6,9-10,12H2,1-2H3,(H,21,25). The van der Waals surface area contributed by atoms with Crippen LogP contribution in [0.25, 0.3) is 0 Å². The number of rotatable bonds is 3. The first-order valence-corrected chi connectivity index (χ1v) is 9.46. The predicted octanol–water partition coefficient (Wildman–Crippen LogP) is 3.03. The molecule has 1 atom stereocenters. The van der Waals surface area contributed by atoms with E-state index in [-0.39, 0.29) is 11.9 Å². The summed E-state index contributed by atoms with van der Waals surface area (Å²) in [7, 11) is 0. The van der Waals surface area contributed by atoms with Crippen LogP contribution in [0.1, 0.15) is 72.2 Å². The van der Waals surface area contributed by atoms with Gasteiger partial charge in [0.25, 0.3) is 5.91 Å². The van der Waals surface area contributed by atoms with Crippen molar-refractivity contribution in [2.45, 2.75) is 70.9 Å². The zero-order valence-corrected chi connectivity index (χ0v) is 15.1. The lowest BCUT2D eigenvalue weighted by molar-refractivity contribution is 0.0927. The van der Waals surface area contributed by atoms with Gasteiger partial charge >= 0.3 is 0 Å². The Hall–Kier alpha value is -2.17. The molecule has 5 heteroatoms. The lowest BCUT2D eigenvalue weighted by Crippen LogP contribution is -2.41. The number of carbonyl (C=O) groups is 1. The zero-order valence-electron chi connectivity index (χ0n) is 15.1. The number of carbonyl (C=O) groups excluding carboxylic acids is 1. The number of benzene rings is 1. The number of hydrogen-bond acceptors (Lipinski definition) is 3. The fourth-order valence-corrected chi connectivity index (χ4v) is 4.04. The Morgan fingerprint density at radius 2 is 1.96 bits per heavy atom. The SMILES string of the molecule is CC(C)c1nnc2n1CC(NC(=O)c1ccc3c(c1)CCCC3)CC2. The third kappa shape index (κ3) is 3.20. The molecule has 1 aliphatic carbocycles. The Bertz CT molecular complexity index is 793. The van der Waals surface area contributed by atoms with Gasteiger partial charge in [-0.25, -0.2) is 0 Å². The summed E-state index contributed by atoms with van der Waals surface area (Å²) in [6.07, 6.45) is 6.53. The highest BCUT2D eigenvalue weighted by Crippen LogP contribution is 2.23. The molecule has 0 bridgehead atoms. The maximum atomic E-state index is 12.7. The van der Waals surface area contributed by atoms with Crippen molar-refractivity contribution in [2.75, 3.05) is 0 Å². The van der Waals surface area contributed by atoms with Crippen LogP contribution in [0, 0.1) is 0 Å². The van der Waals surface area contributed by atoms with Crippen LogP contribution in [0.2, 0.25) is 0 Å². The average molecular weight is 338 g/mol. The second-order valence-corrected chi connectivity index (χ2v) is 7.64. The molecular formula is C20H26N4O. The van der Waals surface area contributed by atoms with Gasteiger partial charge in [0.05, 0.1) is 0 Å². The average Bonchev–Trinajstić information content (AvgIpc) is 3.04. The largest absolute Gasteiger partial charge is 0.347 e.